The molecule has 2 aromatic rings. The molecule has 2 N–H and O–H groups in total. The molecule has 0 spiro atoms. The smallest absolute Gasteiger partial charge is 0.127 e. The van der Waals surface area contributed by atoms with Crippen molar-refractivity contribution < 1.29 is 14.5 Å². The average Bonchev–Trinajstić information content (AvgIpc) is 2.80. The summed E-state index contributed by atoms with van der Waals surface area (Å²) in [4.78, 5) is 5.91. The summed E-state index contributed by atoms with van der Waals surface area (Å²) in [6.07, 6.45) is 0.996. The van der Waals surface area contributed by atoms with E-state index in [0.717, 1.165) is 24.6 Å². The van der Waals surface area contributed by atoms with Crippen LogP contribution in [0.1, 0.15) is 17.2 Å². The van der Waals surface area contributed by atoms with Crippen molar-refractivity contribution in [2.45, 2.75) is 22.3 Å². The lowest BCUT2D eigenvalue weighted by Crippen LogP contribution is -3.27. The normalized spacial score (nSPS) is 25.2. The maximum Gasteiger partial charge on any atom is 0.127 e. The Morgan fingerprint density at radius 3 is 2.73 bits per heavy atom. The molecular weight excluding hydrogens is 364 g/mol. The van der Waals surface area contributed by atoms with Crippen molar-refractivity contribution in [3.63, 3.8) is 0 Å². The summed E-state index contributed by atoms with van der Waals surface area (Å²) in [6, 6.07) is 14.9. The highest BCUT2D eigenvalue weighted by Crippen LogP contribution is 2.42. The van der Waals surface area contributed by atoms with Crippen LogP contribution in [0.4, 0.5) is 0 Å². The van der Waals surface area contributed by atoms with Gasteiger partial charge in [-0.25, -0.2) is 0 Å². The van der Waals surface area contributed by atoms with E-state index in [1.54, 1.807) is 9.80 Å². The topological polar surface area (TPSA) is 18.1 Å². The molecule has 138 valence electrons. The zero-order valence-electron chi connectivity index (χ0n) is 15.3. The lowest BCUT2D eigenvalue weighted by Gasteiger charge is -2.28. The fourth-order valence-corrected chi connectivity index (χ4v) is 5.13. The molecule has 1 fully saturated rings. The predicted molar refractivity (Wildman–Crippen MR) is 107 cm³/mol. The van der Waals surface area contributed by atoms with Crippen molar-refractivity contribution in [1.29, 1.82) is 0 Å². The third-order valence-electron chi connectivity index (χ3n) is 5.50. The van der Waals surface area contributed by atoms with Gasteiger partial charge in [-0.2, -0.15) is 0 Å². The van der Waals surface area contributed by atoms with Crippen molar-refractivity contribution in [2.75, 3.05) is 46.4 Å². The van der Waals surface area contributed by atoms with E-state index in [9.17, 15) is 0 Å². The summed E-state index contributed by atoms with van der Waals surface area (Å²) in [6.45, 7) is 6.93. The number of piperazine rings is 1. The van der Waals surface area contributed by atoms with Crippen LogP contribution in [0.3, 0.4) is 0 Å². The Morgan fingerprint density at radius 1 is 1.08 bits per heavy atom. The zero-order chi connectivity index (χ0) is 17.9. The van der Waals surface area contributed by atoms with E-state index in [-0.39, 0.29) is 6.10 Å². The summed E-state index contributed by atoms with van der Waals surface area (Å²) in [7, 11) is 2.29. The van der Waals surface area contributed by atoms with Gasteiger partial charge < -0.3 is 14.5 Å². The van der Waals surface area contributed by atoms with Crippen LogP contribution in [0.25, 0.3) is 0 Å². The molecule has 2 aliphatic rings. The molecule has 5 heteroatoms. The number of halogens is 1. The average molecular weight is 391 g/mol. The van der Waals surface area contributed by atoms with Gasteiger partial charge in [0.25, 0.3) is 0 Å². The molecule has 0 saturated carbocycles. The molecule has 4 rings (SSSR count). The fourth-order valence-electron chi connectivity index (χ4n) is 3.84. The first-order valence-electron chi connectivity index (χ1n) is 9.51. The molecule has 0 radical (unpaired) electrons. The number of hydrogen-bond acceptors (Lipinski definition) is 2. The molecule has 2 aliphatic heterocycles. The van der Waals surface area contributed by atoms with Crippen LogP contribution in [-0.2, 0) is 11.2 Å². The van der Waals surface area contributed by atoms with Gasteiger partial charge >= 0.3 is 0 Å². The Balaban J connectivity index is 1.48. The molecular formula is C21H27ClN2OS+2. The van der Waals surface area contributed by atoms with Gasteiger partial charge in [0, 0.05) is 21.2 Å². The minimum Gasteiger partial charge on any atom is -0.367 e. The number of hydrogen-bond donors (Lipinski definition) is 2. The molecule has 0 aromatic heterocycles. The SMILES string of the molecule is C[NH+]1CC[NH+](CCO[C@@H]2Cc3ccccc3Sc3ccc(Cl)cc32)CC1. The highest BCUT2D eigenvalue weighted by Gasteiger charge is 2.25. The number of rotatable bonds is 4. The van der Waals surface area contributed by atoms with Gasteiger partial charge in [0.1, 0.15) is 32.7 Å². The summed E-state index contributed by atoms with van der Waals surface area (Å²) in [5.41, 5.74) is 2.60. The quantitative estimate of drug-likeness (QED) is 0.824. The number of nitrogens with one attached hydrogen (secondary N) is 2. The van der Waals surface area contributed by atoms with Gasteiger partial charge in [-0.15, -0.1) is 0 Å². The molecule has 2 aromatic carbocycles. The van der Waals surface area contributed by atoms with E-state index in [1.165, 1.54) is 47.1 Å². The fraction of sp³-hybridized carbons (Fsp3) is 0.429. The maximum absolute atomic E-state index is 6.43. The van der Waals surface area contributed by atoms with Crippen LogP contribution in [0.15, 0.2) is 52.3 Å². The van der Waals surface area contributed by atoms with E-state index in [4.69, 9.17) is 16.3 Å². The molecule has 1 atom stereocenters. The number of benzene rings is 2. The molecule has 0 aliphatic carbocycles. The van der Waals surface area contributed by atoms with E-state index in [1.807, 2.05) is 17.8 Å². The van der Waals surface area contributed by atoms with Crippen LogP contribution in [-0.4, -0.2) is 46.4 Å². The standard InChI is InChI=1S/C21H25ClN2OS/c1-23-8-10-24(11-9-23)12-13-25-19-14-16-4-2-3-5-20(16)26-21-7-6-17(22)15-18(19)21/h2-7,15,19H,8-14H2,1H3/p+2/t19-/m1/s1. The Morgan fingerprint density at radius 2 is 1.88 bits per heavy atom. The predicted octanol–water partition coefficient (Wildman–Crippen LogP) is 1.52. The van der Waals surface area contributed by atoms with Crippen LogP contribution in [0, 0.1) is 0 Å². The van der Waals surface area contributed by atoms with Crippen molar-refractivity contribution >= 4 is 23.4 Å². The van der Waals surface area contributed by atoms with E-state index in [2.05, 4.69) is 43.4 Å². The summed E-state index contributed by atoms with van der Waals surface area (Å²) in [5.74, 6) is 0. The van der Waals surface area contributed by atoms with Gasteiger partial charge in [0.15, 0.2) is 0 Å². The number of ether oxygens (including phenoxy) is 1. The molecule has 1 saturated heterocycles. The van der Waals surface area contributed by atoms with Gasteiger partial charge in [-0.1, -0.05) is 41.6 Å². The van der Waals surface area contributed by atoms with Gasteiger partial charge in [-0.05, 0) is 35.4 Å². The van der Waals surface area contributed by atoms with Crippen LogP contribution in [0.2, 0.25) is 5.02 Å². The molecule has 26 heavy (non-hydrogen) atoms. The second-order valence-electron chi connectivity index (χ2n) is 7.41. The third kappa shape index (κ3) is 4.26. The number of likely N-dealkylation sites (N-methyl/N-ethyl adjacent to an activating group) is 1. The van der Waals surface area contributed by atoms with E-state index < -0.39 is 0 Å². The zero-order valence-corrected chi connectivity index (χ0v) is 16.8. The molecule has 0 amide bonds. The molecule has 0 bridgehead atoms. The first kappa shape index (κ1) is 18.3. The highest BCUT2D eigenvalue weighted by atomic mass is 35.5. The van der Waals surface area contributed by atoms with Crippen LogP contribution in [0.5, 0.6) is 0 Å². The largest absolute Gasteiger partial charge is 0.367 e. The molecule has 2 heterocycles. The Hall–Kier alpha value is -1.04. The van der Waals surface area contributed by atoms with Crippen molar-refractivity contribution in [3.8, 4) is 0 Å². The lowest BCUT2D eigenvalue weighted by atomic mass is 10.0. The van der Waals surface area contributed by atoms with Crippen molar-refractivity contribution in [2.24, 2.45) is 0 Å². The lowest BCUT2D eigenvalue weighted by molar-refractivity contribution is -1.00. The van der Waals surface area contributed by atoms with Gasteiger partial charge in [-0.3, -0.25) is 0 Å². The first-order valence-corrected chi connectivity index (χ1v) is 10.7. The third-order valence-corrected chi connectivity index (χ3v) is 6.95. The minimum atomic E-state index is 0.0809. The summed E-state index contributed by atoms with van der Waals surface area (Å²) < 4.78 is 6.43. The second kappa shape index (κ2) is 8.32. The second-order valence-corrected chi connectivity index (χ2v) is 8.93. The van der Waals surface area contributed by atoms with Gasteiger partial charge in [0.05, 0.1) is 19.8 Å². The van der Waals surface area contributed by atoms with Crippen molar-refractivity contribution in [1.82, 2.24) is 0 Å². The van der Waals surface area contributed by atoms with Crippen LogP contribution >= 0.6 is 23.4 Å². The van der Waals surface area contributed by atoms with E-state index >= 15 is 0 Å². The number of quaternary nitrogens is 2. The molecule has 3 nitrogen and oxygen atoms in total. The maximum atomic E-state index is 6.43. The number of fused-ring (bicyclic) bond motifs is 2. The van der Waals surface area contributed by atoms with E-state index in [0.29, 0.717) is 0 Å². The van der Waals surface area contributed by atoms with Gasteiger partial charge in [0.2, 0.25) is 0 Å². The minimum absolute atomic E-state index is 0.0809. The first-order chi connectivity index (χ1) is 12.7. The highest BCUT2D eigenvalue weighted by molar-refractivity contribution is 7.99. The Kier molecular flexibility index (Phi) is 5.87. The Labute approximate surface area is 165 Å². The van der Waals surface area contributed by atoms with Crippen molar-refractivity contribution in [3.05, 3.63) is 58.6 Å². The Bertz CT molecular complexity index is 761. The monoisotopic (exact) mass is 390 g/mol. The molecule has 0 unspecified atom stereocenters. The summed E-state index contributed by atoms with van der Waals surface area (Å²) in [5, 5.41) is 0.788. The summed E-state index contributed by atoms with van der Waals surface area (Å²) >= 11 is 8.14. The van der Waals surface area contributed by atoms with Crippen LogP contribution < -0.4 is 9.80 Å².